The number of amides is 4. The van der Waals surface area contributed by atoms with E-state index in [1.54, 1.807) is 4.90 Å². The molecule has 4 amide bonds. The number of thiophene rings is 1. The molecule has 2 heterocycles. The van der Waals surface area contributed by atoms with Crippen molar-refractivity contribution < 1.29 is 14.4 Å². The van der Waals surface area contributed by atoms with Gasteiger partial charge in [0.05, 0.1) is 11.4 Å². The van der Waals surface area contributed by atoms with Crippen molar-refractivity contribution in [2.75, 3.05) is 39.3 Å². The van der Waals surface area contributed by atoms with E-state index in [0.29, 0.717) is 32.7 Å². The zero-order chi connectivity index (χ0) is 16.7. The molecule has 1 aliphatic rings. The molecule has 1 aliphatic heterocycles. The first kappa shape index (κ1) is 17.2. The molecule has 1 saturated heterocycles. The predicted octanol–water partition coefficient (Wildman–Crippen LogP) is 0.518. The molecule has 2 N–H and O–H groups in total. The number of nitrogens with zero attached hydrogens (tertiary/aromatic N) is 2. The van der Waals surface area contributed by atoms with Crippen LogP contribution in [0.3, 0.4) is 0 Å². The maximum Gasteiger partial charge on any atom is 0.321 e. The lowest BCUT2D eigenvalue weighted by molar-refractivity contribution is -0.121. The first-order valence-corrected chi connectivity index (χ1v) is 8.22. The summed E-state index contributed by atoms with van der Waals surface area (Å²) in [5, 5.41) is 6.62. The molecule has 0 aromatic carbocycles. The summed E-state index contributed by atoms with van der Waals surface area (Å²) in [6.07, 6.45) is 1.54. The Morgan fingerprint density at radius 3 is 2.61 bits per heavy atom. The Kier molecular flexibility index (Phi) is 6.30. The summed E-state index contributed by atoms with van der Waals surface area (Å²) < 4.78 is 0. The molecule has 8 heteroatoms. The van der Waals surface area contributed by atoms with E-state index in [0.717, 1.165) is 4.88 Å². The standard InChI is InChI=1S/C15H20N4O3S/c1-2-5-16-15(22)17-13(20)11-18-6-8-19(9-7-18)14(21)12-4-3-10-23-12/h2-4,10H,1,5-9,11H2,(H2,16,17,20,22). The van der Waals surface area contributed by atoms with Gasteiger partial charge in [-0.25, -0.2) is 4.79 Å². The summed E-state index contributed by atoms with van der Waals surface area (Å²) in [6.45, 7) is 6.30. The van der Waals surface area contributed by atoms with Crippen LogP contribution in [0, 0.1) is 0 Å². The minimum atomic E-state index is -0.526. The van der Waals surface area contributed by atoms with E-state index < -0.39 is 6.03 Å². The highest BCUT2D eigenvalue weighted by Crippen LogP contribution is 2.13. The SMILES string of the molecule is C=CCNC(=O)NC(=O)CN1CCN(C(=O)c2cccs2)CC1. The number of hydrogen-bond donors (Lipinski definition) is 2. The van der Waals surface area contributed by atoms with Gasteiger partial charge in [0.25, 0.3) is 5.91 Å². The molecule has 0 radical (unpaired) electrons. The van der Waals surface area contributed by atoms with Crippen molar-refractivity contribution in [2.45, 2.75) is 0 Å². The number of imide groups is 1. The Balaban J connectivity index is 1.72. The van der Waals surface area contributed by atoms with Gasteiger partial charge in [-0.2, -0.15) is 0 Å². The highest BCUT2D eigenvalue weighted by Gasteiger charge is 2.24. The van der Waals surface area contributed by atoms with Gasteiger partial charge < -0.3 is 10.2 Å². The molecule has 23 heavy (non-hydrogen) atoms. The van der Waals surface area contributed by atoms with Crippen molar-refractivity contribution >= 4 is 29.2 Å². The number of carbonyl (C=O) groups excluding carboxylic acids is 3. The van der Waals surface area contributed by atoms with Crippen molar-refractivity contribution in [3.8, 4) is 0 Å². The van der Waals surface area contributed by atoms with Crippen molar-refractivity contribution in [2.24, 2.45) is 0 Å². The van der Waals surface area contributed by atoms with Gasteiger partial charge in [0.15, 0.2) is 0 Å². The average molecular weight is 336 g/mol. The molecule has 0 unspecified atom stereocenters. The molecule has 124 valence electrons. The van der Waals surface area contributed by atoms with Crippen LogP contribution in [0.5, 0.6) is 0 Å². The Morgan fingerprint density at radius 2 is 2.00 bits per heavy atom. The average Bonchev–Trinajstić information content (AvgIpc) is 3.07. The Labute approximate surface area is 138 Å². The summed E-state index contributed by atoms with van der Waals surface area (Å²) in [5.41, 5.74) is 0. The summed E-state index contributed by atoms with van der Waals surface area (Å²) in [7, 11) is 0. The minimum absolute atomic E-state index is 0.0351. The number of piperazine rings is 1. The fourth-order valence-electron chi connectivity index (χ4n) is 2.24. The minimum Gasteiger partial charge on any atom is -0.335 e. The van der Waals surface area contributed by atoms with E-state index in [1.165, 1.54) is 17.4 Å². The predicted molar refractivity (Wildman–Crippen MR) is 88.4 cm³/mol. The van der Waals surface area contributed by atoms with Crippen LogP contribution < -0.4 is 10.6 Å². The smallest absolute Gasteiger partial charge is 0.321 e. The summed E-state index contributed by atoms with van der Waals surface area (Å²) in [6, 6.07) is 3.14. The van der Waals surface area contributed by atoms with E-state index >= 15 is 0 Å². The first-order valence-electron chi connectivity index (χ1n) is 7.34. The number of nitrogens with one attached hydrogen (secondary N) is 2. The molecule has 1 aromatic heterocycles. The summed E-state index contributed by atoms with van der Waals surface area (Å²) in [5.74, 6) is -0.322. The maximum atomic E-state index is 12.2. The second kappa shape index (κ2) is 8.44. The number of urea groups is 1. The number of rotatable bonds is 5. The van der Waals surface area contributed by atoms with Gasteiger partial charge in [0, 0.05) is 32.7 Å². The van der Waals surface area contributed by atoms with E-state index in [2.05, 4.69) is 17.2 Å². The van der Waals surface area contributed by atoms with Gasteiger partial charge in [0.1, 0.15) is 0 Å². The van der Waals surface area contributed by atoms with Crippen LogP contribution in [0.4, 0.5) is 4.79 Å². The van der Waals surface area contributed by atoms with Crippen molar-refractivity contribution in [3.05, 3.63) is 35.0 Å². The highest BCUT2D eigenvalue weighted by atomic mass is 32.1. The lowest BCUT2D eigenvalue weighted by Crippen LogP contribution is -2.52. The van der Waals surface area contributed by atoms with Crippen LogP contribution >= 0.6 is 11.3 Å². The monoisotopic (exact) mass is 336 g/mol. The maximum absolute atomic E-state index is 12.2. The third-order valence-electron chi connectivity index (χ3n) is 3.42. The van der Waals surface area contributed by atoms with Crippen molar-refractivity contribution in [3.63, 3.8) is 0 Å². The van der Waals surface area contributed by atoms with Crippen LogP contribution in [0.25, 0.3) is 0 Å². The van der Waals surface area contributed by atoms with Crippen LogP contribution in [-0.4, -0.2) is 66.9 Å². The van der Waals surface area contributed by atoms with E-state index in [1.807, 2.05) is 22.4 Å². The van der Waals surface area contributed by atoms with Crippen LogP contribution in [0.1, 0.15) is 9.67 Å². The third kappa shape index (κ3) is 5.19. The Morgan fingerprint density at radius 1 is 1.26 bits per heavy atom. The lowest BCUT2D eigenvalue weighted by atomic mass is 10.3. The quantitative estimate of drug-likeness (QED) is 0.768. The second-order valence-electron chi connectivity index (χ2n) is 5.09. The third-order valence-corrected chi connectivity index (χ3v) is 4.28. The normalized spacial score (nSPS) is 15.0. The molecular formula is C15H20N4O3S. The van der Waals surface area contributed by atoms with Crippen LogP contribution in [0.15, 0.2) is 30.2 Å². The van der Waals surface area contributed by atoms with Gasteiger partial charge in [-0.3, -0.25) is 19.8 Å². The highest BCUT2D eigenvalue weighted by molar-refractivity contribution is 7.12. The van der Waals surface area contributed by atoms with Crippen molar-refractivity contribution in [1.29, 1.82) is 0 Å². The van der Waals surface area contributed by atoms with Gasteiger partial charge in [-0.1, -0.05) is 12.1 Å². The zero-order valence-corrected chi connectivity index (χ0v) is 13.6. The molecule has 0 saturated carbocycles. The molecule has 0 aliphatic carbocycles. The molecule has 7 nitrogen and oxygen atoms in total. The second-order valence-corrected chi connectivity index (χ2v) is 6.04. The van der Waals surface area contributed by atoms with E-state index in [4.69, 9.17) is 0 Å². The van der Waals surface area contributed by atoms with E-state index in [-0.39, 0.29) is 18.4 Å². The van der Waals surface area contributed by atoms with Crippen LogP contribution in [-0.2, 0) is 4.79 Å². The van der Waals surface area contributed by atoms with Gasteiger partial charge in [-0.05, 0) is 11.4 Å². The lowest BCUT2D eigenvalue weighted by Gasteiger charge is -2.34. The molecule has 1 fully saturated rings. The Hall–Kier alpha value is -2.19. The fourth-order valence-corrected chi connectivity index (χ4v) is 2.93. The van der Waals surface area contributed by atoms with Gasteiger partial charge in [0.2, 0.25) is 5.91 Å². The molecular weight excluding hydrogens is 316 g/mol. The summed E-state index contributed by atoms with van der Waals surface area (Å²) >= 11 is 1.43. The topological polar surface area (TPSA) is 81.8 Å². The number of hydrogen-bond acceptors (Lipinski definition) is 5. The van der Waals surface area contributed by atoms with Gasteiger partial charge >= 0.3 is 6.03 Å². The largest absolute Gasteiger partial charge is 0.335 e. The van der Waals surface area contributed by atoms with Crippen LogP contribution in [0.2, 0.25) is 0 Å². The van der Waals surface area contributed by atoms with Gasteiger partial charge in [-0.15, -0.1) is 17.9 Å². The fraction of sp³-hybridized carbons (Fsp3) is 0.400. The van der Waals surface area contributed by atoms with E-state index in [9.17, 15) is 14.4 Å². The molecule has 0 atom stereocenters. The zero-order valence-electron chi connectivity index (χ0n) is 12.8. The van der Waals surface area contributed by atoms with Crippen molar-refractivity contribution in [1.82, 2.24) is 20.4 Å². The molecule has 0 spiro atoms. The Bertz CT molecular complexity index is 565. The molecule has 2 rings (SSSR count). The molecule has 1 aromatic rings. The molecule has 0 bridgehead atoms. The summed E-state index contributed by atoms with van der Waals surface area (Å²) in [4.78, 5) is 39.8. The number of carbonyl (C=O) groups is 3. The first-order chi connectivity index (χ1) is 11.1.